The van der Waals surface area contributed by atoms with Gasteiger partial charge in [0.2, 0.25) is 0 Å². The van der Waals surface area contributed by atoms with Gasteiger partial charge in [0, 0.05) is 0 Å². The first-order valence-corrected chi connectivity index (χ1v) is 13.7. The summed E-state index contributed by atoms with van der Waals surface area (Å²) in [5.41, 5.74) is 5.77. The fraction of sp³-hybridized carbons (Fsp3) is 0.548. The van der Waals surface area contributed by atoms with Crippen LogP contribution in [-0.2, 0) is 6.42 Å². The Bertz CT molecular complexity index is 968. The molecule has 3 nitrogen and oxygen atoms in total. The first-order chi connectivity index (χ1) is 17.0. The van der Waals surface area contributed by atoms with E-state index in [1.807, 2.05) is 12.1 Å². The van der Waals surface area contributed by atoms with E-state index < -0.39 is 5.82 Å². The van der Waals surface area contributed by atoms with Crippen molar-refractivity contribution in [3.8, 4) is 11.5 Å². The molecule has 192 valence electrons. The van der Waals surface area contributed by atoms with Crippen LogP contribution < -0.4 is 0 Å². The molecule has 0 spiro atoms. The molecule has 1 aliphatic rings. The van der Waals surface area contributed by atoms with Gasteiger partial charge in [0.05, 0.1) is 0 Å². The highest BCUT2D eigenvalue weighted by Gasteiger charge is 2.19. The number of phenolic OH excluding ortho intramolecular Hbond substituents is 2. The van der Waals surface area contributed by atoms with Gasteiger partial charge in [-0.3, -0.25) is 0 Å². The molecular weight excluding hydrogens is 437 g/mol. The molecule has 3 rings (SSSR count). The molecule has 0 unspecified atom stereocenters. The van der Waals surface area contributed by atoms with Crippen LogP contribution in [0, 0.1) is 5.82 Å². The Kier molecular flexibility index (Phi) is 11.1. The lowest BCUT2D eigenvalue weighted by molar-refractivity contribution is 0.315. The Morgan fingerprint density at radius 2 is 1.54 bits per heavy atom. The minimum Gasteiger partial charge on any atom is -0.508 e. The summed E-state index contributed by atoms with van der Waals surface area (Å²) in [7, 11) is 2.24. The molecule has 0 bridgehead atoms. The van der Waals surface area contributed by atoms with Gasteiger partial charge in [0.1, 0.15) is 5.75 Å². The summed E-state index contributed by atoms with van der Waals surface area (Å²) in [5, 5.41) is 20.0. The number of hydrogen-bond donors (Lipinski definition) is 2. The normalized spacial score (nSPS) is 13.8. The van der Waals surface area contributed by atoms with Crippen LogP contribution in [0.25, 0.3) is 11.1 Å². The van der Waals surface area contributed by atoms with Crippen LogP contribution in [-0.4, -0.2) is 35.3 Å². The maximum Gasteiger partial charge on any atom is 0.164 e. The molecule has 35 heavy (non-hydrogen) atoms. The predicted molar refractivity (Wildman–Crippen MR) is 145 cm³/mol. The van der Waals surface area contributed by atoms with Crippen LogP contribution in [0.2, 0.25) is 0 Å². The highest BCUT2D eigenvalue weighted by Crippen LogP contribution is 2.40. The molecule has 0 atom stereocenters. The smallest absolute Gasteiger partial charge is 0.164 e. The lowest BCUT2D eigenvalue weighted by Crippen LogP contribution is -2.20. The van der Waals surface area contributed by atoms with Crippen molar-refractivity contribution in [2.24, 2.45) is 0 Å². The van der Waals surface area contributed by atoms with Crippen molar-refractivity contribution in [1.82, 2.24) is 4.90 Å². The van der Waals surface area contributed by atoms with E-state index in [0.717, 1.165) is 37.7 Å². The summed E-state index contributed by atoms with van der Waals surface area (Å²) in [6.07, 6.45) is 15.1. The highest BCUT2D eigenvalue weighted by atomic mass is 19.1. The van der Waals surface area contributed by atoms with Crippen LogP contribution in [0.3, 0.4) is 0 Å². The van der Waals surface area contributed by atoms with Gasteiger partial charge in [0.15, 0.2) is 11.6 Å². The highest BCUT2D eigenvalue weighted by molar-refractivity contribution is 5.92. The van der Waals surface area contributed by atoms with Crippen molar-refractivity contribution < 1.29 is 14.6 Å². The van der Waals surface area contributed by atoms with Gasteiger partial charge < -0.3 is 15.1 Å². The quantitative estimate of drug-likeness (QED) is 0.267. The second-order valence-electron chi connectivity index (χ2n) is 10.2. The van der Waals surface area contributed by atoms with E-state index in [-0.39, 0.29) is 5.75 Å². The van der Waals surface area contributed by atoms with Crippen LogP contribution >= 0.6 is 0 Å². The van der Waals surface area contributed by atoms with Crippen molar-refractivity contribution in [1.29, 1.82) is 0 Å². The van der Waals surface area contributed by atoms with Gasteiger partial charge in [0.25, 0.3) is 0 Å². The minimum absolute atomic E-state index is 0.293. The van der Waals surface area contributed by atoms with E-state index in [1.165, 1.54) is 92.8 Å². The molecule has 0 radical (unpaired) electrons. The van der Waals surface area contributed by atoms with Crippen LogP contribution in [0.1, 0.15) is 101 Å². The number of benzene rings is 2. The molecule has 0 aliphatic heterocycles. The Hall–Kier alpha value is -2.33. The van der Waals surface area contributed by atoms with Gasteiger partial charge in [-0.2, -0.15) is 0 Å². The van der Waals surface area contributed by atoms with Gasteiger partial charge in [-0.1, -0.05) is 57.6 Å². The second-order valence-corrected chi connectivity index (χ2v) is 10.2. The molecule has 0 fully saturated rings. The number of aromatic hydroxyl groups is 2. The summed E-state index contributed by atoms with van der Waals surface area (Å²) in [6.45, 7) is 4.63. The number of hydrogen-bond acceptors (Lipinski definition) is 3. The summed E-state index contributed by atoms with van der Waals surface area (Å²) in [5.74, 6) is -0.569. The van der Waals surface area contributed by atoms with E-state index in [1.54, 1.807) is 18.2 Å². The molecule has 4 heteroatoms. The van der Waals surface area contributed by atoms with E-state index in [4.69, 9.17) is 0 Å². The Morgan fingerprint density at radius 3 is 2.26 bits per heavy atom. The largest absolute Gasteiger partial charge is 0.508 e. The molecule has 0 heterocycles. The molecule has 2 N–H and O–H groups in total. The third-order valence-corrected chi connectivity index (χ3v) is 7.31. The van der Waals surface area contributed by atoms with E-state index >= 15 is 0 Å². The molecule has 1 aliphatic carbocycles. The number of nitrogens with zero attached hydrogens (tertiary/aromatic N) is 1. The fourth-order valence-corrected chi connectivity index (χ4v) is 5.29. The second kappa shape index (κ2) is 14.3. The summed E-state index contributed by atoms with van der Waals surface area (Å²) in [6, 6.07) is 10.4. The molecule has 0 amide bonds. The lowest BCUT2D eigenvalue weighted by Gasteiger charge is -2.18. The Morgan fingerprint density at radius 1 is 0.829 bits per heavy atom. The molecule has 0 saturated carbocycles. The summed E-state index contributed by atoms with van der Waals surface area (Å²) < 4.78 is 13.7. The van der Waals surface area contributed by atoms with Gasteiger partial charge in [-0.15, -0.1) is 0 Å². The Labute approximate surface area is 211 Å². The minimum atomic E-state index is -0.583. The maximum absolute atomic E-state index is 13.7. The topological polar surface area (TPSA) is 43.7 Å². The number of unbranched alkanes of at least 4 members (excludes halogenated alkanes) is 7. The number of allylic oxidation sites excluding steroid dienone is 2. The number of halogens is 1. The van der Waals surface area contributed by atoms with Crippen molar-refractivity contribution in [3.63, 3.8) is 0 Å². The van der Waals surface area contributed by atoms with Crippen molar-refractivity contribution in [2.45, 2.75) is 90.4 Å². The van der Waals surface area contributed by atoms with Crippen LogP contribution in [0.5, 0.6) is 11.5 Å². The zero-order chi connectivity index (χ0) is 25.0. The standard InChI is InChI=1S/C31H44FNO2/c1-3-4-5-7-10-20-33(2)21-11-8-6-9-14-29-27(25-16-19-30(32)31(35)23-25)15-12-13-24-22-26(34)17-18-28(24)29/h16-19,22-23,34-35H,3-15,20-21H2,1-2H3. The van der Waals surface area contributed by atoms with Crippen molar-refractivity contribution in [3.05, 3.63) is 58.9 Å². The summed E-state index contributed by atoms with van der Waals surface area (Å²) >= 11 is 0. The maximum atomic E-state index is 13.7. The van der Waals surface area contributed by atoms with E-state index in [0.29, 0.717) is 5.75 Å². The van der Waals surface area contributed by atoms with Gasteiger partial charge >= 0.3 is 0 Å². The molecule has 2 aromatic carbocycles. The van der Waals surface area contributed by atoms with Crippen molar-refractivity contribution in [2.75, 3.05) is 20.1 Å². The number of fused-ring (bicyclic) bond motifs is 1. The number of aryl methyl sites for hydroxylation is 1. The van der Waals surface area contributed by atoms with Gasteiger partial charge in [-0.25, -0.2) is 4.39 Å². The molecule has 0 saturated heterocycles. The average Bonchev–Trinajstić information content (AvgIpc) is 3.01. The monoisotopic (exact) mass is 481 g/mol. The first kappa shape index (κ1) is 27.3. The molecule has 0 aromatic heterocycles. The van der Waals surface area contributed by atoms with E-state index in [2.05, 4.69) is 18.9 Å². The third-order valence-electron chi connectivity index (χ3n) is 7.31. The lowest BCUT2D eigenvalue weighted by atomic mass is 9.89. The number of rotatable bonds is 14. The first-order valence-electron chi connectivity index (χ1n) is 13.7. The zero-order valence-corrected chi connectivity index (χ0v) is 21.8. The molecule has 2 aromatic rings. The SMILES string of the molecule is CCCCCCCN(C)CCCCCCC1=C(c2ccc(F)c(O)c2)CCCc2cc(O)ccc21. The van der Waals surface area contributed by atoms with Crippen molar-refractivity contribution >= 4 is 11.1 Å². The third kappa shape index (κ3) is 8.38. The van der Waals surface area contributed by atoms with E-state index in [9.17, 15) is 14.6 Å². The average molecular weight is 482 g/mol. The fourth-order valence-electron chi connectivity index (χ4n) is 5.29. The van der Waals surface area contributed by atoms with Crippen LogP contribution in [0.15, 0.2) is 36.4 Å². The van der Waals surface area contributed by atoms with Crippen LogP contribution in [0.4, 0.5) is 4.39 Å². The summed E-state index contributed by atoms with van der Waals surface area (Å²) in [4.78, 5) is 2.47. The number of phenols is 2. The van der Waals surface area contributed by atoms with Gasteiger partial charge in [-0.05, 0) is 117 Å². The Balaban J connectivity index is 1.59. The molecular formula is C31H44FNO2. The zero-order valence-electron chi connectivity index (χ0n) is 21.8. The predicted octanol–water partition coefficient (Wildman–Crippen LogP) is 8.34.